The van der Waals surface area contributed by atoms with Crippen LogP contribution in [0.2, 0.25) is 0 Å². The highest BCUT2D eigenvalue weighted by atomic mass is 16.5. The fraction of sp³-hybridized carbons (Fsp3) is 0.0952. The van der Waals surface area contributed by atoms with Gasteiger partial charge < -0.3 is 9.26 Å². The van der Waals surface area contributed by atoms with Crippen molar-refractivity contribution >= 4 is 23.1 Å². The maximum Gasteiger partial charge on any atom is 0.250 e. The van der Waals surface area contributed by atoms with Gasteiger partial charge in [-0.3, -0.25) is 4.98 Å². The molecule has 128 valence electrons. The van der Waals surface area contributed by atoms with Crippen LogP contribution in [0.25, 0.3) is 34.4 Å². The molecule has 0 spiro atoms. The van der Waals surface area contributed by atoms with Crippen LogP contribution in [0.15, 0.2) is 59.1 Å². The Bertz CT molecular complexity index is 1100. The summed E-state index contributed by atoms with van der Waals surface area (Å²) in [6.45, 7) is 1.96. The fourth-order valence-electron chi connectivity index (χ4n) is 2.87. The van der Waals surface area contributed by atoms with Crippen LogP contribution in [0, 0.1) is 6.92 Å². The van der Waals surface area contributed by atoms with E-state index in [4.69, 9.17) is 9.26 Å². The molecule has 0 aliphatic heterocycles. The van der Waals surface area contributed by atoms with Crippen molar-refractivity contribution < 1.29 is 9.26 Å². The molecule has 4 aromatic rings. The van der Waals surface area contributed by atoms with Crippen molar-refractivity contribution in [2.24, 2.45) is 0 Å². The Morgan fingerprint density at radius 3 is 2.65 bits per heavy atom. The van der Waals surface area contributed by atoms with Gasteiger partial charge >= 0.3 is 0 Å². The van der Waals surface area contributed by atoms with Crippen molar-refractivity contribution in [2.75, 3.05) is 7.11 Å². The zero-order valence-corrected chi connectivity index (χ0v) is 14.5. The highest BCUT2D eigenvalue weighted by molar-refractivity contribution is 5.92. The number of pyridine rings is 1. The van der Waals surface area contributed by atoms with Crippen molar-refractivity contribution in [1.29, 1.82) is 0 Å². The lowest BCUT2D eigenvalue weighted by Gasteiger charge is -2.03. The zero-order chi connectivity index (χ0) is 17.9. The lowest BCUT2D eigenvalue weighted by atomic mass is 10.1. The van der Waals surface area contributed by atoms with Crippen LogP contribution in [0.4, 0.5) is 0 Å². The number of nitrogens with zero attached hydrogens (tertiary/aromatic N) is 3. The first-order valence-corrected chi connectivity index (χ1v) is 8.26. The average Bonchev–Trinajstić information content (AvgIpc) is 3.14. The second-order valence-corrected chi connectivity index (χ2v) is 5.86. The van der Waals surface area contributed by atoms with E-state index in [0.29, 0.717) is 11.7 Å². The van der Waals surface area contributed by atoms with E-state index in [9.17, 15) is 0 Å². The summed E-state index contributed by atoms with van der Waals surface area (Å²) in [4.78, 5) is 9.06. The Hall–Kier alpha value is -3.47. The second-order valence-electron chi connectivity index (χ2n) is 5.86. The van der Waals surface area contributed by atoms with Crippen LogP contribution in [-0.4, -0.2) is 22.2 Å². The Kier molecular flexibility index (Phi) is 4.19. The Balaban J connectivity index is 1.70. The number of hydrogen-bond donors (Lipinski definition) is 0. The summed E-state index contributed by atoms with van der Waals surface area (Å²) in [6, 6.07) is 17.7. The molecule has 0 unspecified atom stereocenters. The number of methoxy groups -OCH3 is 1. The minimum absolute atomic E-state index is 0.435. The summed E-state index contributed by atoms with van der Waals surface area (Å²) in [5.41, 5.74) is 3.68. The monoisotopic (exact) mass is 343 g/mol. The third-order valence-corrected chi connectivity index (χ3v) is 4.07. The normalized spacial score (nSPS) is 11.3. The highest BCUT2D eigenvalue weighted by Crippen LogP contribution is 2.27. The van der Waals surface area contributed by atoms with Crippen molar-refractivity contribution in [1.82, 2.24) is 15.1 Å². The summed E-state index contributed by atoms with van der Waals surface area (Å²) in [7, 11) is 1.65. The standard InChI is InChI=1S/C21H17N3O2/c1-14-13-17(16-8-4-5-9-18(16)22-14)21-23-20(26-24-21)12-11-15-7-3-6-10-19(15)25-2/h3-13H,1-2H3. The van der Waals surface area contributed by atoms with Gasteiger partial charge in [0.05, 0.1) is 12.6 Å². The number of hydrogen-bond acceptors (Lipinski definition) is 5. The van der Waals surface area contributed by atoms with Crippen LogP contribution in [-0.2, 0) is 0 Å². The van der Waals surface area contributed by atoms with Gasteiger partial charge in [0, 0.05) is 28.3 Å². The molecule has 5 heteroatoms. The molecule has 0 fully saturated rings. The molecule has 2 aromatic carbocycles. The second kappa shape index (κ2) is 6.80. The van der Waals surface area contributed by atoms with Crippen molar-refractivity contribution in [3.63, 3.8) is 0 Å². The van der Waals surface area contributed by atoms with Crippen LogP contribution in [0.1, 0.15) is 17.1 Å². The minimum atomic E-state index is 0.435. The van der Waals surface area contributed by atoms with E-state index in [2.05, 4.69) is 15.1 Å². The van der Waals surface area contributed by atoms with Gasteiger partial charge in [-0.15, -0.1) is 0 Å². The first-order valence-electron chi connectivity index (χ1n) is 8.26. The van der Waals surface area contributed by atoms with E-state index in [-0.39, 0.29) is 0 Å². The van der Waals surface area contributed by atoms with E-state index in [1.165, 1.54) is 0 Å². The van der Waals surface area contributed by atoms with E-state index in [1.807, 2.05) is 67.6 Å². The predicted octanol–water partition coefficient (Wildman–Crippen LogP) is 4.77. The number of fused-ring (bicyclic) bond motifs is 1. The number of rotatable bonds is 4. The molecule has 0 amide bonds. The molecule has 0 aliphatic carbocycles. The number of aromatic nitrogens is 3. The smallest absolute Gasteiger partial charge is 0.250 e. The van der Waals surface area contributed by atoms with E-state index < -0.39 is 0 Å². The van der Waals surface area contributed by atoms with Gasteiger partial charge in [-0.1, -0.05) is 41.6 Å². The minimum Gasteiger partial charge on any atom is -0.496 e. The molecule has 2 aromatic heterocycles. The first kappa shape index (κ1) is 16.0. The molecule has 0 atom stereocenters. The molecule has 26 heavy (non-hydrogen) atoms. The van der Waals surface area contributed by atoms with Gasteiger partial charge in [-0.2, -0.15) is 4.98 Å². The number of ether oxygens (including phenoxy) is 1. The summed E-state index contributed by atoms with van der Waals surface area (Å²) in [5, 5.41) is 5.14. The summed E-state index contributed by atoms with van der Waals surface area (Å²) in [5.74, 6) is 1.77. The molecule has 0 N–H and O–H groups in total. The summed E-state index contributed by atoms with van der Waals surface area (Å²) in [6.07, 6.45) is 3.68. The molecule has 0 saturated heterocycles. The Morgan fingerprint density at radius 2 is 1.77 bits per heavy atom. The average molecular weight is 343 g/mol. The molecule has 4 rings (SSSR count). The molecular formula is C21H17N3O2. The quantitative estimate of drug-likeness (QED) is 0.534. The van der Waals surface area contributed by atoms with Crippen molar-refractivity contribution in [3.8, 4) is 17.1 Å². The molecule has 5 nitrogen and oxygen atoms in total. The van der Waals surface area contributed by atoms with Gasteiger partial charge in [-0.25, -0.2) is 0 Å². The van der Waals surface area contributed by atoms with E-state index in [0.717, 1.165) is 33.5 Å². The van der Waals surface area contributed by atoms with Crippen molar-refractivity contribution in [2.45, 2.75) is 6.92 Å². The topological polar surface area (TPSA) is 61.0 Å². The first-order chi connectivity index (χ1) is 12.7. The largest absolute Gasteiger partial charge is 0.496 e. The number of aryl methyl sites for hydroxylation is 1. The highest BCUT2D eigenvalue weighted by Gasteiger charge is 2.12. The molecule has 0 radical (unpaired) electrons. The van der Waals surface area contributed by atoms with Crippen LogP contribution in [0.5, 0.6) is 5.75 Å². The van der Waals surface area contributed by atoms with Gasteiger partial charge in [-0.05, 0) is 31.2 Å². The zero-order valence-electron chi connectivity index (χ0n) is 14.5. The lowest BCUT2D eigenvalue weighted by molar-refractivity contribution is 0.411. The Morgan fingerprint density at radius 1 is 0.962 bits per heavy atom. The Labute approximate surface area is 151 Å². The van der Waals surface area contributed by atoms with Gasteiger partial charge in [0.25, 0.3) is 5.89 Å². The SMILES string of the molecule is COc1ccccc1C=Cc1nc(-c2cc(C)nc3ccccc23)no1. The van der Waals surface area contributed by atoms with Gasteiger partial charge in [0.2, 0.25) is 5.82 Å². The molecule has 0 bridgehead atoms. The number of benzene rings is 2. The van der Waals surface area contributed by atoms with Crippen LogP contribution in [0.3, 0.4) is 0 Å². The van der Waals surface area contributed by atoms with Crippen LogP contribution < -0.4 is 4.74 Å². The third-order valence-electron chi connectivity index (χ3n) is 4.07. The third kappa shape index (κ3) is 3.07. The fourth-order valence-corrected chi connectivity index (χ4v) is 2.87. The van der Waals surface area contributed by atoms with E-state index >= 15 is 0 Å². The van der Waals surface area contributed by atoms with Gasteiger partial charge in [0.15, 0.2) is 0 Å². The molecule has 0 saturated carbocycles. The predicted molar refractivity (Wildman–Crippen MR) is 102 cm³/mol. The van der Waals surface area contributed by atoms with Gasteiger partial charge in [0.1, 0.15) is 5.75 Å². The molecular weight excluding hydrogens is 326 g/mol. The number of para-hydroxylation sites is 2. The maximum absolute atomic E-state index is 5.39. The van der Waals surface area contributed by atoms with Crippen LogP contribution >= 0.6 is 0 Å². The summed E-state index contributed by atoms with van der Waals surface area (Å²) >= 11 is 0. The van der Waals surface area contributed by atoms with Crippen molar-refractivity contribution in [3.05, 3.63) is 71.7 Å². The lowest BCUT2D eigenvalue weighted by Crippen LogP contribution is -1.89. The molecule has 2 heterocycles. The maximum atomic E-state index is 5.39. The summed E-state index contributed by atoms with van der Waals surface area (Å²) < 4.78 is 10.7. The van der Waals surface area contributed by atoms with E-state index in [1.54, 1.807) is 13.2 Å². The molecule has 0 aliphatic rings.